The highest BCUT2D eigenvalue weighted by Gasteiger charge is 2.19. The Morgan fingerprint density at radius 3 is 2.48 bits per heavy atom. The molecule has 0 radical (unpaired) electrons. The minimum absolute atomic E-state index is 0.00971. The highest BCUT2D eigenvalue weighted by molar-refractivity contribution is 7.92. The van der Waals surface area contributed by atoms with Crippen LogP contribution in [0.2, 0.25) is 0 Å². The number of nitrogens with zero attached hydrogens (tertiary/aromatic N) is 2. The van der Waals surface area contributed by atoms with Crippen LogP contribution < -0.4 is 9.46 Å². The van der Waals surface area contributed by atoms with E-state index in [-0.39, 0.29) is 12.4 Å². The van der Waals surface area contributed by atoms with Crippen LogP contribution in [0.25, 0.3) is 22.2 Å². The van der Waals surface area contributed by atoms with E-state index in [2.05, 4.69) is 10.8 Å². The molecular weight excluding hydrogens is 393 g/mol. The first-order valence-electron chi connectivity index (χ1n) is 9.30. The molecule has 0 saturated heterocycles. The number of alkyl halides is 1. The van der Waals surface area contributed by atoms with Gasteiger partial charge in [-0.15, -0.1) is 0 Å². The summed E-state index contributed by atoms with van der Waals surface area (Å²) >= 11 is 0. The first-order chi connectivity index (χ1) is 13.9. The average Bonchev–Trinajstić information content (AvgIpc) is 3.05. The van der Waals surface area contributed by atoms with Crippen molar-refractivity contribution < 1.29 is 17.5 Å². The topological polar surface area (TPSA) is 84.1 Å². The van der Waals surface area contributed by atoms with Crippen molar-refractivity contribution in [3.8, 4) is 23.1 Å². The van der Waals surface area contributed by atoms with Gasteiger partial charge in [-0.25, -0.2) is 12.8 Å². The first kappa shape index (κ1) is 20.7. The molecular formula is C21H22FN3O3S. The lowest BCUT2D eigenvalue weighted by Gasteiger charge is -2.11. The summed E-state index contributed by atoms with van der Waals surface area (Å²) in [5.74, 6) is 0.534. The van der Waals surface area contributed by atoms with Crippen LogP contribution in [0, 0.1) is 11.3 Å². The number of fused-ring (bicyclic) bond motifs is 1. The van der Waals surface area contributed by atoms with Gasteiger partial charge < -0.3 is 9.30 Å². The molecule has 0 saturated carbocycles. The smallest absolute Gasteiger partial charge is 0.232 e. The van der Waals surface area contributed by atoms with Crippen molar-refractivity contribution in [2.75, 3.05) is 23.8 Å². The zero-order valence-corrected chi connectivity index (χ0v) is 17.1. The van der Waals surface area contributed by atoms with Crippen LogP contribution in [-0.2, 0) is 16.6 Å². The lowest BCUT2D eigenvalue weighted by Crippen LogP contribution is -2.14. The predicted molar refractivity (Wildman–Crippen MR) is 112 cm³/mol. The SMILES string of the molecule is CCn1c(-c2ccc(NS(=O)(=O)CC)cc2)c(C#N)c2ccc(OCCF)cc21. The van der Waals surface area contributed by atoms with E-state index >= 15 is 0 Å². The van der Waals surface area contributed by atoms with Gasteiger partial charge in [0, 0.05) is 23.7 Å². The number of nitrogens with one attached hydrogen (secondary N) is 1. The molecule has 0 atom stereocenters. The van der Waals surface area contributed by atoms with Crippen molar-refractivity contribution in [2.45, 2.75) is 20.4 Å². The number of hydrogen-bond acceptors (Lipinski definition) is 4. The second-order valence-corrected chi connectivity index (χ2v) is 8.39. The summed E-state index contributed by atoms with van der Waals surface area (Å²) in [6.45, 7) is 3.56. The fraction of sp³-hybridized carbons (Fsp3) is 0.286. The number of aromatic nitrogens is 1. The molecule has 2 aromatic carbocycles. The number of halogens is 1. The molecule has 0 aliphatic rings. The molecule has 0 bridgehead atoms. The van der Waals surface area contributed by atoms with E-state index in [1.165, 1.54) is 0 Å². The zero-order chi connectivity index (χ0) is 21.0. The van der Waals surface area contributed by atoms with Gasteiger partial charge in [-0.2, -0.15) is 5.26 Å². The van der Waals surface area contributed by atoms with E-state index in [1.807, 2.05) is 17.6 Å². The van der Waals surface area contributed by atoms with Gasteiger partial charge in [0.1, 0.15) is 25.1 Å². The predicted octanol–water partition coefficient (Wildman–Crippen LogP) is 4.31. The molecule has 6 nitrogen and oxygen atoms in total. The fourth-order valence-electron chi connectivity index (χ4n) is 3.27. The lowest BCUT2D eigenvalue weighted by atomic mass is 10.1. The van der Waals surface area contributed by atoms with Gasteiger partial charge in [0.2, 0.25) is 10.0 Å². The molecule has 0 spiro atoms. The van der Waals surface area contributed by atoms with Crippen LogP contribution in [0.3, 0.4) is 0 Å². The van der Waals surface area contributed by atoms with Gasteiger partial charge in [-0.05, 0) is 43.7 Å². The summed E-state index contributed by atoms with van der Waals surface area (Å²) in [5, 5.41) is 10.6. The van der Waals surface area contributed by atoms with Gasteiger partial charge in [-0.1, -0.05) is 12.1 Å². The normalized spacial score (nSPS) is 11.4. The highest BCUT2D eigenvalue weighted by atomic mass is 32.2. The molecule has 0 unspecified atom stereocenters. The van der Waals surface area contributed by atoms with Crippen LogP contribution in [0.4, 0.5) is 10.1 Å². The molecule has 0 amide bonds. The molecule has 0 fully saturated rings. The summed E-state index contributed by atoms with van der Waals surface area (Å²) in [5.41, 5.74) is 3.37. The van der Waals surface area contributed by atoms with Crippen molar-refractivity contribution in [3.63, 3.8) is 0 Å². The molecule has 1 heterocycles. The van der Waals surface area contributed by atoms with Crippen LogP contribution in [-0.4, -0.2) is 32.0 Å². The Balaban J connectivity index is 2.10. The zero-order valence-electron chi connectivity index (χ0n) is 16.3. The maximum Gasteiger partial charge on any atom is 0.232 e. The Morgan fingerprint density at radius 2 is 1.90 bits per heavy atom. The molecule has 0 aliphatic carbocycles. The molecule has 1 N–H and O–H groups in total. The van der Waals surface area contributed by atoms with E-state index in [0.29, 0.717) is 23.5 Å². The van der Waals surface area contributed by atoms with Crippen molar-refractivity contribution >= 4 is 26.6 Å². The van der Waals surface area contributed by atoms with Gasteiger partial charge >= 0.3 is 0 Å². The van der Waals surface area contributed by atoms with Crippen molar-refractivity contribution in [3.05, 3.63) is 48.0 Å². The van der Waals surface area contributed by atoms with Crippen LogP contribution >= 0.6 is 0 Å². The molecule has 152 valence electrons. The van der Waals surface area contributed by atoms with Crippen molar-refractivity contribution in [1.82, 2.24) is 4.57 Å². The summed E-state index contributed by atoms with van der Waals surface area (Å²) in [6.07, 6.45) is 0. The summed E-state index contributed by atoms with van der Waals surface area (Å²) < 4.78 is 45.8. The maximum atomic E-state index is 12.4. The number of sulfonamides is 1. The number of benzene rings is 2. The third kappa shape index (κ3) is 4.20. The van der Waals surface area contributed by atoms with E-state index in [0.717, 1.165) is 22.2 Å². The number of rotatable bonds is 8. The molecule has 1 aromatic heterocycles. The second kappa shape index (κ2) is 8.53. The van der Waals surface area contributed by atoms with E-state index < -0.39 is 16.7 Å². The van der Waals surface area contributed by atoms with Gasteiger partial charge in [-0.3, -0.25) is 4.72 Å². The summed E-state index contributed by atoms with van der Waals surface area (Å²) in [4.78, 5) is 0. The number of hydrogen-bond donors (Lipinski definition) is 1. The van der Waals surface area contributed by atoms with Gasteiger partial charge in [0.05, 0.1) is 22.5 Å². The third-order valence-electron chi connectivity index (χ3n) is 4.62. The Morgan fingerprint density at radius 1 is 1.17 bits per heavy atom. The Labute approximate surface area is 169 Å². The quantitative estimate of drug-likeness (QED) is 0.594. The minimum atomic E-state index is -3.36. The Hall–Kier alpha value is -3.05. The van der Waals surface area contributed by atoms with Crippen LogP contribution in [0.5, 0.6) is 5.75 Å². The lowest BCUT2D eigenvalue weighted by molar-refractivity contribution is 0.273. The standard InChI is InChI=1S/C21H22FN3O3S/c1-3-25-20-13-17(28-12-11-22)9-10-18(20)19(14-23)21(25)15-5-7-16(8-6-15)24-29(26,27)4-2/h5-10,13,24H,3-4,11-12H2,1-2H3. The number of anilines is 1. The maximum absolute atomic E-state index is 12.4. The summed E-state index contributed by atoms with van der Waals surface area (Å²) in [7, 11) is -3.36. The molecule has 0 aliphatic heterocycles. The molecule has 3 aromatic rings. The first-order valence-corrected chi connectivity index (χ1v) is 10.9. The molecule has 8 heteroatoms. The van der Waals surface area contributed by atoms with Gasteiger partial charge in [0.25, 0.3) is 0 Å². The average molecular weight is 415 g/mol. The minimum Gasteiger partial charge on any atom is -0.491 e. The third-order valence-corrected chi connectivity index (χ3v) is 5.93. The number of nitriles is 1. The van der Waals surface area contributed by atoms with Crippen LogP contribution in [0.1, 0.15) is 19.4 Å². The highest BCUT2D eigenvalue weighted by Crippen LogP contribution is 2.35. The van der Waals surface area contributed by atoms with E-state index in [4.69, 9.17) is 4.74 Å². The van der Waals surface area contributed by atoms with Gasteiger partial charge in [0.15, 0.2) is 0 Å². The largest absolute Gasteiger partial charge is 0.491 e. The summed E-state index contributed by atoms with van der Waals surface area (Å²) in [6, 6.07) is 14.6. The monoisotopic (exact) mass is 415 g/mol. The number of aryl methyl sites for hydroxylation is 1. The van der Waals surface area contributed by atoms with E-state index in [9.17, 15) is 18.1 Å². The van der Waals surface area contributed by atoms with Crippen molar-refractivity contribution in [2.24, 2.45) is 0 Å². The fourth-order valence-corrected chi connectivity index (χ4v) is 3.90. The molecule has 29 heavy (non-hydrogen) atoms. The molecule has 3 rings (SSSR count). The van der Waals surface area contributed by atoms with Crippen LogP contribution in [0.15, 0.2) is 42.5 Å². The number of ether oxygens (including phenoxy) is 1. The second-order valence-electron chi connectivity index (χ2n) is 6.38. The van der Waals surface area contributed by atoms with E-state index in [1.54, 1.807) is 43.3 Å². The van der Waals surface area contributed by atoms with Crippen molar-refractivity contribution in [1.29, 1.82) is 5.26 Å². The Bertz CT molecular complexity index is 1160. The Kier molecular flexibility index (Phi) is 6.09.